The summed E-state index contributed by atoms with van der Waals surface area (Å²) in [5, 5.41) is 9.52. The third kappa shape index (κ3) is 4.46. The lowest BCUT2D eigenvalue weighted by Crippen LogP contribution is -2.52. The highest BCUT2D eigenvalue weighted by Crippen LogP contribution is 2.31. The Bertz CT molecular complexity index is 801. The van der Waals surface area contributed by atoms with Gasteiger partial charge in [0, 0.05) is 50.9 Å². The molecular formula is C22H27FN2O3. The van der Waals surface area contributed by atoms with Crippen molar-refractivity contribution in [2.24, 2.45) is 0 Å². The molecule has 0 amide bonds. The number of hydrogen-bond donors (Lipinski definition) is 1. The zero-order valence-corrected chi connectivity index (χ0v) is 16.0. The van der Waals surface area contributed by atoms with Crippen LogP contribution in [0.3, 0.4) is 0 Å². The van der Waals surface area contributed by atoms with Crippen molar-refractivity contribution in [2.75, 3.05) is 39.5 Å². The summed E-state index contributed by atoms with van der Waals surface area (Å²) in [6.45, 7) is 5.33. The zero-order chi connectivity index (χ0) is 19.3. The maximum absolute atomic E-state index is 14.1. The molecule has 0 aliphatic carbocycles. The minimum absolute atomic E-state index is 0.135. The van der Waals surface area contributed by atoms with Crippen molar-refractivity contribution in [3.05, 3.63) is 59.4 Å². The molecule has 0 saturated carbocycles. The van der Waals surface area contributed by atoms with Crippen LogP contribution in [0.15, 0.2) is 42.5 Å². The molecule has 1 atom stereocenters. The summed E-state index contributed by atoms with van der Waals surface area (Å²) in [7, 11) is 0. The van der Waals surface area contributed by atoms with E-state index in [0.717, 1.165) is 37.7 Å². The molecule has 0 bridgehead atoms. The van der Waals surface area contributed by atoms with Gasteiger partial charge in [0.15, 0.2) is 11.5 Å². The van der Waals surface area contributed by atoms with Crippen molar-refractivity contribution in [1.29, 1.82) is 0 Å². The van der Waals surface area contributed by atoms with E-state index >= 15 is 0 Å². The summed E-state index contributed by atoms with van der Waals surface area (Å²) in [4.78, 5) is 4.68. The van der Waals surface area contributed by atoms with Crippen LogP contribution in [0.1, 0.15) is 17.5 Å². The summed E-state index contributed by atoms with van der Waals surface area (Å²) in [5.74, 6) is 1.46. The van der Waals surface area contributed by atoms with E-state index in [2.05, 4.69) is 21.9 Å². The number of hydrogen-bond acceptors (Lipinski definition) is 5. The molecule has 2 heterocycles. The first-order valence-electron chi connectivity index (χ1n) is 9.92. The van der Waals surface area contributed by atoms with E-state index in [9.17, 15) is 9.50 Å². The van der Waals surface area contributed by atoms with E-state index in [1.807, 2.05) is 18.2 Å². The van der Waals surface area contributed by atoms with Crippen LogP contribution >= 0.6 is 0 Å². The first-order valence-corrected chi connectivity index (χ1v) is 9.92. The molecule has 0 radical (unpaired) electrons. The normalized spacial score (nSPS) is 20.3. The number of halogens is 1. The van der Waals surface area contributed by atoms with Gasteiger partial charge < -0.3 is 14.6 Å². The topological polar surface area (TPSA) is 45.2 Å². The molecule has 1 unspecified atom stereocenters. The number of benzene rings is 2. The quantitative estimate of drug-likeness (QED) is 0.827. The molecule has 150 valence electrons. The maximum atomic E-state index is 14.1. The standard InChI is InChI=1S/C22H27FN2O3/c23-20-4-2-1-3-18(20)15-25-9-8-24(16-19(25)7-10-26)14-17-5-6-21-22(13-17)28-12-11-27-21/h1-6,13,19,26H,7-12,14-16H2. The van der Waals surface area contributed by atoms with E-state index in [1.165, 1.54) is 11.6 Å². The second-order valence-electron chi connectivity index (χ2n) is 7.44. The molecule has 2 aromatic carbocycles. The first kappa shape index (κ1) is 19.2. The Morgan fingerprint density at radius 3 is 2.64 bits per heavy atom. The number of piperazine rings is 1. The summed E-state index contributed by atoms with van der Waals surface area (Å²) >= 11 is 0. The molecule has 2 aliphatic heterocycles. The van der Waals surface area contributed by atoms with Crippen LogP contribution in [-0.4, -0.2) is 60.4 Å². The van der Waals surface area contributed by atoms with Crippen LogP contribution < -0.4 is 9.47 Å². The minimum Gasteiger partial charge on any atom is -0.486 e. The number of fused-ring (bicyclic) bond motifs is 1. The fourth-order valence-electron chi connectivity index (χ4n) is 4.02. The zero-order valence-electron chi connectivity index (χ0n) is 16.0. The van der Waals surface area contributed by atoms with Crippen molar-refractivity contribution in [1.82, 2.24) is 9.80 Å². The fourth-order valence-corrected chi connectivity index (χ4v) is 4.02. The van der Waals surface area contributed by atoms with Gasteiger partial charge in [0.05, 0.1) is 0 Å². The third-order valence-corrected chi connectivity index (χ3v) is 5.50. The fraction of sp³-hybridized carbons (Fsp3) is 0.455. The smallest absolute Gasteiger partial charge is 0.161 e. The maximum Gasteiger partial charge on any atom is 0.161 e. The van der Waals surface area contributed by atoms with Gasteiger partial charge in [0.1, 0.15) is 19.0 Å². The average Bonchev–Trinajstić information content (AvgIpc) is 2.71. The van der Waals surface area contributed by atoms with Crippen LogP contribution in [-0.2, 0) is 13.1 Å². The average molecular weight is 386 g/mol. The number of rotatable bonds is 6. The highest BCUT2D eigenvalue weighted by molar-refractivity contribution is 5.43. The van der Waals surface area contributed by atoms with Crippen molar-refractivity contribution in [2.45, 2.75) is 25.6 Å². The van der Waals surface area contributed by atoms with Crippen LogP contribution in [0.2, 0.25) is 0 Å². The third-order valence-electron chi connectivity index (χ3n) is 5.50. The Hall–Kier alpha value is -2.15. The molecule has 4 rings (SSSR count). The Kier molecular flexibility index (Phi) is 6.10. The van der Waals surface area contributed by atoms with Crippen molar-refractivity contribution in [3.8, 4) is 11.5 Å². The van der Waals surface area contributed by atoms with E-state index in [1.54, 1.807) is 6.07 Å². The first-order chi connectivity index (χ1) is 13.7. The van der Waals surface area contributed by atoms with E-state index in [0.29, 0.717) is 31.7 Å². The second kappa shape index (κ2) is 8.90. The highest BCUT2D eigenvalue weighted by atomic mass is 19.1. The van der Waals surface area contributed by atoms with Gasteiger partial charge in [-0.15, -0.1) is 0 Å². The number of aliphatic hydroxyl groups excluding tert-OH is 1. The van der Waals surface area contributed by atoms with E-state index in [4.69, 9.17) is 9.47 Å². The van der Waals surface area contributed by atoms with E-state index < -0.39 is 0 Å². The summed E-state index contributed by atoms with van der Waals surface area (Å²) in [6.07, 6.45) is 0.687. The molecule has 28 heavy (non-hydrogen) atoms. The molecule has 2 aliphatic rings. The lowest BCUT2D eigenvalue weighted by Gasteiger charge is -2.41. The summed E-state index contributed by atoms with van der Waals surface area (Å²) < 4.78 is 25.3. The predicted molar refractivity (Wildman–Crippen MR) is 105 cm³/mol. The van der Waals surface area contributed by atoms with Gasteiger partial charge in [-0.1, -0.05) is 24.3 Å². The second-order valence-corrected chi connectivity index (χ2v) is 7.44. The molecule has 1 fully saturated rings. The monoisotopic (exact) mass is 386 g/mol. The predicted octanol–water partition coefficient (Wildman–Crippen LogP) is 2.67. The lowest BCUT2D eigenvalue weighted by atomic mass is 10.1. The Balaban J connectivity index is 1.40. The van der Waals surface area contributed by atoms with Crippen LogP contribution in [0.4, 0.5) is 4.39 Å². The van der Waals surface area contributed by atoms with Crippen LogP contribution in [0, 0.1) is 5.82 Å². The number of ether oxygens (including phenoxy) is 2. The van der Waals surface area contributed by atoms with E-state index in [-0.39, 0.29) is 18.5 Å². The molecule has 0 spiro atoms. The number of aliphatic hydroxyl groups is 1. The van der Waals surface area contributed by atoms with Gasteiger partial charge in [-0.3, -0.25) is 9.80 Å². The van der Waals surface area contributed by atoms with Gasteiger partial charge in [-0.05, 0) is 30.2 Å². The minimum atomic E-state index is -0.163. The number of nitrogens with zero attached hydrogens (tertiary/aromatic N) is 2. The Morgan fingerprint density at radius 2 is 1.82 bits per heavy atom. The molecule has 6 heteroatoms. The molecule has 0 aromatic heterocycles. The molecule has 5 nitrogen and oxygen atoms in total. The SMILES string of the molecule is OCCC1CN(Cc2ccc3c(c2)OCCO3)CCN1Cc1ccccc1F. The largest absolute Gasteiger partial charge is 0.486 e. The molecule has 1 N–H and O–H groups in total. The Morgan fingerprint density at radius 1 is 1.00 bits per heavy atom. The molecule has 1 saturated heterocycles. The summed E-state index contributed by atoms with van der Waals surface area (Å²) in [6, 6.07) is 13.3. The van der Waals surface area contributed by atoms with Gasteiger partial charge in [0.25, 0.3) is 0 Å². The molecular weight excluding hydrogens is 359 g/mol. The summed E-state index contributed by atoms with van der Waals surface area (Å²) in [5.41, 5.74) is 1.90. The van der Waals surface area contributed by atoms with Gasteiger partial charge in [-0.25, -0.2) is 4.39 Å². The van der Waals surface area contributed by atoms with Gasteiger partial charge in [0.2, 0.25) is 0 Å². The lowest BCUT2D eigenvalue weighted by molar-refractivity contribution is 0.0492. The van der Waals surface area contributed by atoms with Gasteiger partial charge in [-0.2, -0.15) is 0 Å². The van der Waals surface area contributed by atoms with Gasteiger partial charge >= 0.3 is 0 Å². The molecule has 2 aromatic rings. The van der Waals surface area contributed by atoms with Crippen molar-refractivity contribution >= 4 is 0 Å². The van der Waals surface area contributed by atoms with Crippen LogP contribution in [0.25, 0.3) is 0 Å². The highest BCUT2D eigenvalue weighted by Gasteiger charge is 2.27. The van der Waals surface area contributed by atoms with Crippen molar-refractivity contribution < 1.29 is 19.0 Å². The Labute approximate surface area is 165 Å². The van der Waals surface area contributed by atoms with Crippen LogP contribution in [0.5, 0.6) is 11.5 Å². The van der Waals surface area contributed by atoms with Crippen molar-refractivity contribution in [3.63, 3.8) is 0 Å².